The fourth-order valence-corrected chi connectivity index (χ4v) is 2.00. The Morgan fingerprint density at radius 2 is 1.79 bits per heavy atom. The van der Waals surface area contributed by atoms with Crippen LogP contribution in [0.4, 0.5) is 5.69 Å². The Kier molecular flexibility index (Phi) is 3.39. The van der Waals surface area contributed by atoms with Gasteiger partial charge in [0, 0.05) is 25.4 Å². The SMILES string of the molecule is [c]1cncc(N2CCCCCCC2)c1. The molecular formula is C12H17N2. The maximum atomic E-state index is 4.12. The van der Waals surface area contributed by atoms with E-state index in [0.29, 0.717) is 0 Å². The zero-order valence-electron chi connectivity index (χ0n) is 8.58. The van der Waals surface area contributed by atoms with E-state index in [0.717, 1.165) is 0 Å². The van der Waals surface area contributed by atoms with Gasteiger partial charge in [-0.1, -0.05) is 19.3 Å². The molecule has 14 heavy (non-hydrogen) atoms. The van der Waals surface area contributed by atoms with E-state index in [1.807, 2.05) is 12.3 Å². The molecule has 1 radical (unpaired) electrons. The van der Waals surface area contributed by atoms with Crippen LogP contribution in [-0.4, -0.2) is 18.1 Å². The zero-order chi connectivity index (χ0) is 9.64. The van der Waals surface area contributed by atoms with Gasteiger partial charge in [-0.15, -0.1) is 0 Å². The quantitative estimate of drug-likeness (QED) is 0.675. The van der Waals surface area contributed by atoms with Crippen molar-refractivity contribution in [3.8, 4) is 0 Å². The molecule has 0 aromatic carbocycles. The van der Waals surface area contributed by atoms with Gasteiger partial charge in [0.1, 0.15) is 0 Å². The van der Waals surface area contributed by atoms with Crippen LogP contribution in [0.15, 0.2) is 18.5 Å². The first-order chi connectivity index (χ1) is 6.97. The standard InChI is InChI=1S/C12H17N2/c1-2-4-9-14(10-5-3-1)12-7-6-8-13-11-12/h7-8,11H,1-5,9-10H2. The number of nitrogens with zero attached hydrogens (tertiary/aromatic N) is 2. The molecule has 0 N–H and O–H groups in total. The first-order valence-electron chi connectivity index (χ1n) is 5.53. The van der Waals surface area contributed by atoms with Gasteiger partial charge in [0.15, 0.2) is 0 Å². The smallest absolute Gasteiger partial charge is 0.0558 e. The fourth-order valence-electron chi connectivity index (χ4n) is 2.00. The molecule has 1 saturated heterocycles. The summed E-state index contributed by atoms with van der Waals surface area (Å²) in [6, 6.07) is 5.08. The Balaban J connectivity index is 2.01. The highest BCUT2D eigenvalue weighted by Gasteiger charge is 2.08. The molecule has 2 heteroatoms. The highest BCUT2D eigenvalue weighted by atomic mass is 15.1. The second-order valence-electron chi connectivity index (χ2n) is 3.90. The van der Waals surface area contributed by atoms with Crippen LogP contribution in [-0.2, 0) is 0 Å². The maximum absolute atomic E-state index is 4.12. The first-order valence-corrected chi connectivity index (χ1v) is 5.53. The predicted octanol–water partition coefficient (Wildman–Crippen LogP) is 2.65. The van der Waals surface area contributed by atoms with Crippen molar-refractivity contribution in [2.75, 3.05) is 18.0 Å². The third-order valence-corrected chi connectivity index (χ3v) is 2.81. The third kappa shape index (κ3) is 2.47. The van der Waals surface area contributed by atoms with E-state index < -0.39 is 0 Å². The van der Waals surface area contributed by atoms with Gasteiger partial charge in [0.2, 0.25) is 0 Å². The second kappa shape index (κ2) is 4.99. The molecular weight excluding hydrogens is 172 g/mol. The Labute approximate surface area is 86.0 Å². The molecule has 0 unspecified atom stereocenters. The van der Waals surface area contributed by atoms with Crippen molar-refractivity contribution >= 4 is 5.69 Å². The molecule has 0 atom stereocenters. The van der Waals surface area contributed by atoms with Crippen LogP contribution in [0, 0.1) is 6.07 Å². The molecule has 0 saturated carbocycles. The lowest BCUT2D eigenvalue weighted by atomic mass is 10.1. The van der Waals surface area contributed by atoms with Crippen LogP contribution in [0.2, 0.25) is 0 Å². The summed E-state index contributed by atoms with van der Waals surface area (Å²) in [5, 5.41) is 0. The number of aromatic nitrogens is 1. The molecule has 2 rings (SSSR count). The molecule has 1 aliphatic heterocycles. The van der Waals surface area contributed by atoms with Gasteiger partial charge in [-0.3, -0.25) is 4.98 Å². The minimum Gasteiger partial charge on any atom is -0.370 e. The summed E-state index contributed by atoms with van der Waals surface area (Å²) >= 11 is 0. The topological polar surface area (TPSA) is 16.1 Å². The maximum Gasteiger partial charge on any atom is 0.0558 e. The largest absolute Gasteiger partial charge is 0.370 e. The molecule has 1 fully saturated rings. The van der Waals surface area contributed by atoms with Crippen LogP contribution in [0.1, 0.15) is 32.1 Å². The van der Waals surface area contributed by atoms with E-state index in [1.165, 1.54) is 50.9 Å². The van der Waals surface area contributed by atoms with Crippen LogP contribution in [0.5, 0.6) is 0 Å². The zero-order valence-corrected chi connectivity index (χ0v) is 8.58. The predicted molar refractivity (Wildman–Crippen MR) is 58.4 cm³/mol. The molecule has 0 bridgehead atoms. The fraction of sp³-hybridized carbons (Fsp3) is 0.583. The lowest BCUT2D eigenvalue weighted by Gasteiger charge is -2.26. The average Bonchev–Trinajstić information content (AvgIpc) is 2.18. The van der Waals surface area contributed by atoms with Gasteiger partial charge in [-0.2, -0.15) is 0 Å². The second-order valence-corrected chi connectivity index (χ2v) is 3.90. The van der Waals surface area contributed by atoms with Gasteiger partial charge < -0.3 is 4.90 Å². The van der Waals surface area contributed by atoms with E-state index in [9.17, 15) is 0 Å². The van der Waals surface area contributed by atoms with Crippen LogP contribution in [0.25, 0.3) is 0 Å². The van der Waals surface area contributed by atoms with Gasteiger partial charge >= 0.3 is 0 Å². The van der Waals surface area contributed by atoms with Crippen molar-refractivity contribution in [1.29, 1.82) is 0 Å². The molecule has 1 aliphatic rings. The lowest BCUT2D eigenvalue weighted by molar-refractivity contribution is 0.556. The number of hydrogen-bond donors (Lipinski definition) is 0. The number of rotatable bonds is 1. The molecule has 0 amide bonds. The van der Waals surface area contributed by atoms with Gasteiger partial charge in [-0.05, 0) is 18.9 Å². The monoisotopic (exact) mass is 189 g/mol. The minimum absolute atomic E-state index is 1.18. The van der Waals surface area contributed by atoms with E-state index in [2.05, 4.69) is 16.0 Å². The average molecular weight is 189 g/mol. The molecule has 1 aromatic rings. The molecule has 2 nitrogen and oxygen atoms in total. The van der Waals surface area contributed by atoms with E-state index in [-0.39, 0.29) is 0 Å². The van der Waals surface area contributed by atoms with Crippen molar-refractivity contribution < 1.29 is 0 Å². The number of anilines is 1. The van der Waals surface area contributed by atoms with Crippen LogP contribution < -0.4 is 4.90 Å². The van der Waals surface area contributed by atoms with Crippen molar-refractivity contribution in [3.63, 3.8) is 0 Å². The summed E-state index contributed by atoms with van der Waals surface area (Å²) in [4.78, 5) is 6.55. The Bertz CT molecular complexity index is 250. The molecule has 2 heterocycles. The minimum atomic E-state index is 1.18. The molecule has 0 aliphatic carbocycles. The summed E-state index contributed by atoms with van der Waals surface area (Å²) in [6.07, 6.45) is 10.4. The molecule has 0 spiro atoms. The van der Waals surface area contributed by atoms with Crippen LogP contribution in [0.3, 0.4) is 0 Å². The Morgan fingerprint density at radius 3 is 2.43 bits per heavy atom. The van der Waals surface area contributed by atoms with E-state index >= 15 is 0 Å². The highest BCUT2D eigenvalue weighted by Crippen LogP contribution is 2.17. The molecule has 75 valence electrons. The summed E-state index contributed by atoms with van der Waals surface area (Å²) in [7, 11) is 0. The van der Waals surface area contributed by atoms with Gasteiger partial charge in [-0.25, -0.2) is 0 Å². The highest BCUT2D eigenvalue weighted by molar-refractivity contribution is 5.43. The van der Waals surface area contributed by atoms with E-state index in [1.54, 1.807) is 6.20 Å². The van der Waals surface area contributed by atoms with Crippen molar-refractivity contribution in [2.45, 2.75) is 32.1 Å². The van der Waals surface area contributed by atoms with Crippen molar-refractivity contribution in [3.05, 3.63) is 24.5 Å². The van der Waals surface area contributed by atoms with Crippen molar-refractivity contribution in [1.82, 2.24) is 4.98 Å². The summed E-state index contributed by atoms with van der Waals surface area (Å²) in [5.74, 6) is 0. The third-order valence-electron chi connectivity index (χ3n) is 2.81. The van der Waals surface area contributed by atoms with Crippen molar-refractivity contribution in [2.24, 2.45) is 0 Å². The number of hydrogen-bond acceptors (Lipinski definition) is 2. The summed E-state index contributed by atoms with van der Waals surface area (Å²) in [5.41, 5.74) is 1.23. The summed E-state index contributed by atoms with van der Waals surface area (Å²) in [6.45, 7) is 2.36. The van der Waals surface area contributed by atoms with Gasteiger partial charge in [0.05, 0.1) is 11.9 Å². The van der Waals surface area contributed by atoms with Gasteiger partial charge in [0.25, 0.3) is 0 Å². The first kappa shape index (κ1) is 9.50. The molecule has 1 aromatic heterocycles. The summed E-state index contributed by atoms with van der Waals surface area (Å²) < 4.78 is 0. The van der Waals surface area contributed by atoms with Crippen LogP contribution >= 0.6 is 0 Å². The Morgan fingerprint density at radius 1 is 1.07 bits per heavy atom. The normalized spacial score (nSPS) is 18.7. The van der Waals surface area contributed by atoms with E-state index in [4.69, 9.17) is 0 Å². The number of pyridine rings is 1. The lowest BCUT2D eigenvalue weighted by Crippen LogP contribution is -2.26. The Hall–Kier alpha value is -1.05.